The molecule has 124 valence electrons. The van der Waals surface area contributed by atoms with Crippen LogP contribution in [0.5, 0.6) is 0 Å². The van der Waals surface area contributed by atoms with Crippen molar-refractivity contribution in [3.63, 3.8) is 0 Å². The average molecular weight is 337 g/mol. The maximum atomic E-state index is 9.29. The van der Waals surface area contributed by atoms with Gasteiger partial charge >= 0.3 is 0 Å². The molecule has 0 fully saturated rings. The van der Waals surface area contributed by atoms with Crippen LogP contribution in [-0.4, -0.2) is 30.6 Å². The largest absolute Gasteiger partial charge is 0.335 e. The highest BCUT2D eigenvalue weighted by molar-refractivity contribution is 7.99. The molecule has 1 aliphatic heterocycles. The van der Waals surface area contributed by atoms with Crippen molar-refractivity contribution in [2.75, 3.05) is 18.5 Å². The monoisotopic (exact) mass is 337 g/mol. The minimum Gasteiger partial charge on any atom is -0.335 e. The zero-order valence-electron chi connectivity index (χ0n) is 14.7. The van der Waals surface area contributed by atoms with Gasteiger partial charge in [0.05, 0.1) is 23.0 Å². The van der Waals surface area contributed by atoms with E-state index in [0.717, 1.165) is 12.2 Å². The number of rotatable bonds is 4. The summed E-state index contributed by atoms with van der Waals surface area (Å²) in [7, 11) is 2.17. The van der Waals surface area contributed by atoms with E-state index in [4.69, 9.17) is 0 Å². The lowest BCUT2D eigenvalue weighted by atomic mass is 10.1. The average Bonchev–Trinajstić information content (AvgIpc) is 2.58. The third-order valence-electron chi connectivity index (χ3n) is 4.57. The van der Waals surface area contributed by atoms with Crippen LogP contribution in [0.1, 0.15) is 26.3 Å². The van der Waals surface area contributed by atoms with Gasteiger partial charge in [-0.25, -0.2) is 0 Å². The van der Waals surface area contributed by atoms with Crippen molar-refractivity contribution in [2.45, 2.75) is 42.6 Å². The van der Waals surface area contributed by atoms with Gasteiger partial charge in [-0.15, -0.1) is 0 Å². The van der Waals surface area contributed by atoms with Crippen molar-refractivity contribution in [3.05, 3.63) is 48.0 Å². The Morgan fingerprint density at radius 3 is 2.50 bits per heavy atom. The van der Waals surface area contributed by atoms with E-state index in [1.807, 2.05) is 12.1 Å². The molecular weight excluding hydrogens is 314 g/mol. The Kier molecular flexibility index (Phi) is 4.84. The normalized spacial score (nSPS) is 14.3. The molecule has 0 saturated carbocycles. The van der Waals surface area contributed by atoms with Crippen molar-refractivity contribution >= 4 is 23.1 Å². The van der Waals surface area contributed by atoms with E-state index in [9.17, 15) is 5.26 Å². The molecule has 24 heavy (non-hydrogen) atoms. The molecule has 3 nitrogen and oxygen atoms in total. The first-order chi connectivity index (χ1) is 11.5. The van der Waals surface area contributed by atoms with Crippen LogP contribution < -0.4 is 4.90 Å². The number of para-hydroxylation sites is 1. The number of hydrogen-bond donors (Lipinski definition) is 0. The zero-order valence-corrected chi connectivity index (χ0v) is 15.5. The molecule has 0 saturated heterocycles. The Labute approximate surface area is 148 Å². The number of fused-ring (bicyclic) bond motifs is 2. The van der Waals surface area contributed by atoms with Crippen LogP contribution in [0.4, 0.5) is 11.4 Å². The molecule has 1 aliphatic rings. The molecule has 0 aliphatic carbocycles. The Morgan fingerprint density at radius 1 is 1.08 bits per heavy atom. The minimum absolute atomic E-state index is 0.312. The lowest BCUT2D eigenvalue weighted by Gasteiger charge is -2.39. The molecule has 1 atom stereocenters. The van der Waals surface area contributed by atoms with E-state index in [1.54, 1.807) is 11.8 Å². The number of nitrogens with zero attached hydrogens (tertiary/aromatic N) is 3. The zero-order chi connectivity index (χ0) is 17.3. The van der Waals surface area contributed by atoms with Gasteiger partial charge in [0.2, 0.25) is 0 Å². The predicted molar refractivity (Wildman–Crippen MR) is 101 cm³/mol. The highest BCUT2D eigenvalue weighted by Crippen LogP contribution is 2.49. The molecule has 0 amide bonds. The first kappa shape index (κ1) is 16.9. The fourth-order valence-corrected chi connectivity index (χ4v) is 4.09. The smallest absolute Gasteiger partial charge is 0.0992 e. The van der Waals surface area contributed by atoms with E-state index in [2.05, 4.69) is 74.0 Å². The molecule has 3 rings (SSSR count). The molecule has 2 aromatic carbocycles. The Bertz CT molecular complexity index is 779. The van der Waals surface area contributed by atoms with Crippen molar-refractivity contribution < 1.29 is 0 Å². The van der Waals surface area contributed by atoms with Crippen LogP contribution in [0.2, 0.25) is 0 Å². The molecule has 1 unspecified atom stereocenters. The quantitative estimate of drug-likeness (QED) is 0.794. The van der Waals surface area contributed by atoms with Crippen LogP contribution in [-0.2, 0) is 0 Å². The van der Waals surface area contributed by atoms with Gasteiger partial charge < -0.3 is 9.80 Å². The highest BCUT2D eigenvalue weighted by Gasteiger charge is 2.28. The molecule has 0 aromatic heterocycles. The molecule has 4 heteroatoms. The van der Waals surface area contributed by atoms with E-state index in [1.165, 1.54) is 15.5 Å². The third-order valence-corrected chi connectivity index (χ3v) is 5.70. The number of benzene rings is 2. The second-order valence-electron chi connectivity index (χ2n) is 6.62. The Balaban J connectivity index is 2.05. The minimum atomic E-state index is 0.312. The van der Waals surface area contributed by atoms with Crippen LogP contribution in [0.15, 0.2) is 52.3 Å². The van der Waals surface area contributed by atoms with Gasteiger partial charge in [0.1, 0.15) is 0 Å². The number of anilines is 2. The maximum Gasteiger partial charge on any atom is 0.0992 e. The van der Waals surface area contributed by atoms with Gasteiger partial charge in [-0.05, 0) is 58.2 Å². The van der Waals surface area contributed by atoms with E-state index < -0.39 is 0 Å². The Hall–Kier alpha value is -1.96. The maximum absolute atomic E-state index is 9.29. The van der Waals surface area contributed by atoms with Gasteiger partial charge in [0.15, 0.2) is 0 Å². The Morgan fingerprint density at radius 2 is 1.79 bits per heavy atom. The SMILES string of the molecule is CC(C)N(C)CC(C)N1c2ccccc2Sc2ccc(C#N)cc21. The summed E-state index contributed by atoms with van der Waals surface area (Å²) in [6, 6.07) is 17.6. The third kappa shape index (κ3) is 3.15. The standard InChI is InChI=1S/C20H23N3S/c1-14(2)22(4)13-15(3)23-17-7-5-6-8-19(17)24-20-10-9-16(12-21)11-18(20)23/h5-11,14-15H,13H2,1-4H3. The van der Waals surface area contributed by atoms with Gasteiger partial charge in [0, 0.05) is 28.4 Å². The first-order valence-corrected chi connectivity index (χ1v) is 9.13. The van der Waals surface area contributed by atoms with Crippen molar-refractivity contribution in [2.24, 2.45) is 0 Å². The molecule has 0 N–H and O–H groups in total. The van der Waals surface area contributed by atoms with Crippen LogP contribution in [0.3, 0.4) is 0 Å². The molecule has 0 bridgehead atoms. The van der Waals surface area contributed by atoms with Gasteiger partial charge in [0.25, 0.3) is 0 Å². The summed E-state index contributed by atoms with van der Waals surface area (Å²) in [5.74, 6) is 0. The summed E-state index contributed by atoms with van der Waals surface area (Å²) >= 11 is 1.78. The van der Waals surface area contributed by atoms with Gasteiger partial charge in [-0.2, -0.15) is 5.26 Å². The number of nitriles is 1. The van der Waals surface area contributed by atoms with Crippen molar-refractivity contribution in [1.29, 1.82) is 5.26 Å². The van der Waals surface area contributed by atoms with Crippen LogP contribution >= 0.6 is 11.8 Å². The van der Waals surface area contributed by atoms with E-state index in [-0.39, 0.29) is 0 Å². The lowest BCUT2D eigenvalue weighted by molar-refractivity contribution is 0.260. The summed E-state index contributed by atoms with van der Waals surface area (Å²) in [6.07, 6.45) is 0. The lowest BCUT2D eigenvalue weighted by Crippen LogP contribution is -2.41. The highest BCUT2D eigenvalue weighted by atomic mass is 32.2. The summed E-state index contributed by atoms with van der Waals surface area (Å²) < 4.78 is 0. The predicted octanol–water partition coefficient (Wildman–Crippen LogP) is 4.89. The fraction of sp³-hybridized carbons (Fsp3) is 0.350. The van der Waals surface area contributed by atoms with E-state index >= 15 is 0 Å². The van der Waals surface area contributed by atoms with Crippen LogP contribution in [0, 0.1) is 11.3 Å². The van der Waals surface area contributed by atoms with Crippen molar-refractivity contribution in [1.82, 2.24) is 4.90 Å². The van der Waals surface area contributed by atoms with Gasteiger partial charge in [-0.1, -0.05) is 23.9 Å². The second-order valence-corrected chi connectivity index (χ2v) is 7.70. The molecular formula is C20H23N3S. The topological polar surface area (TPSA) is 30.3 Å². The van der Waals surface area contributed by atoms with E-state index in [0.29, 0.717) is 17.6 Å². The summed E-state index contributed by atoms with van der Waals surface area (Å²) in [6.45, 7) is 7.66. The van der Waals surface area contributed by atoms with Gasteiger partial charge in [-0.3, -0.25) is 0 Å². The van der Waals surface area contributed by atoms with Crippen molar-refractivity contribution in [3.8, 4) is 6.07 Å². The first-order valence-electron chi connectivity index (χ1n) is 8.31. The second kappa shape index (κ2) is 6.88. The molecule has 0 radical (unpaired) electrons. The molecule has 0 spiro atoms. The van der Waals surface area contributed by atoms with Crippen LogP contribution in [0.25, 0.3) is 0 Å². The number of hydrogen-bond acceptors (Lipinski definition) is 4. The fourth-order valence-electron chi connectivity index (χ4n) is 3.04. The summed E-state index contributed by atoms with van der Waals surface area (Å²) in [5, 5.41) is 9.29. The molecule has 2 aromatic rings. The summed E-state index contributed by atoms with van der Waals surface area (Å²) in [4.78, 5) is 7.24. The summed E-state index contributed by atoms with van der Waals surface area (Å²) in [5.41, 5.74) is 3.08. The number of likely N-dealkylation sites (N-methyl/N-ethyl adjacent to an activating group) is 1. The molecule has 1 heterocycles.